The molecule has 0 bridgehead atoms. The Morgan fingerprint density at radius 3 is 2.60 bits per heavy atom. The average molecular weight is 465 g/mol. The van der Waals surface area contributed by atoms with Crippen molar-refractivity contribution in [2.75, 3.05) is 37.7 Å². The summed E-state index contributed by atoms with van der Waals surface area (Å²) in [5, 5.41) is 0. The molecule has 0 amide bonds. The zero-order chi connectivity index (χ0) is 21.3. The van der Waals surface area contributed by atoms with Crippen LogP contribution in [0.5, 0.6) is 0 Å². The van der Waals surface area contributed by atoms with Crippen LogP contribution in [0.2, 0.25) is 0 Å². The molecule has 0 radical (unpaired) electrons. The molecule has 1 aliphatic rings. The van der Waals surface area contributed by atoms with Crippen LogP contribution < -0.4 is 4.90 Å². The van der Waals surface area contributed by atoms with E-state index in [1.54, 1.807) is 0 Å². The van der Waals surface area contributed by atoms with Gasteiger partial charge >= 0.3 is 0 Å². The Kier molecular flexibility index (Phi) is 8.23. The standard InChI is InChI=1S/C26H29BrN2O/c1-4-15-28-26-14-12-20(23-9-7-8-10-24(23)26)18-21-11-13-22(19-25(21)27)29(5-2)16-17-30-6-3/h4,7-14,18-19H,1,5-6,15-17H2,2-3H3. The molecule has 3 rings (SSSR count). The quantitative estimate of drug-likeness (QED) is 0.316. The molecule has 0 saturated heterocycles. The average Bonchev–Trinajstić information content (AvgIpc) is 2.77. The summed E-state index contributed by atoms with van der Waals surface area (Å²) in [6, 6.07) is 15.0. The first kappa shape index (κ1) is 22.3. The van der Waals surface area contributed by atoms with Crippen molar-refractivity contribution < 1.29 is 4.74 Å². The number of likely N-dealkylation sites (N-methyl/N-ethyl adjacent to an activating group) is 1. The van der Waals surface area contributed by atoms with Crippen LogP contribution in [0, 0.1) is 0 Å². The number of fused-ring (bicyclic) bond motifs is 1. The molecule has 0 atom stereocenters. The van der Waals surface area contributed by atoms with E-state index in [2.05, 4.69) is 100 Å². The molecular formula is C26H29BrN2O. The molecule has 1 aliphatic carbocycles. The van der Waals surface area contributed by atoms with Crippen molar-refractivity contribution in [3.8, 4) is 0 Å². The number of ether oxygens (including phenoxy) is 1. The lowest BCUT2D eigenvalue weighted by molar-refractivity contribution is 0.154. The Hall–Kier alpha value is -2.43. The van der Waals surface area contributed by atoms with E-state index in [1.165, 1.54) is 16.8 Å². The van der Waals surface area contributed by atoms with Crippen LogP contribution in [0.15, 0.2) is 76.7 Å². The van der Waals surface area contributed by atoms with E-state index in [1.807, 2.05) is 13.0 Å². The lowest BCUT2D eigenvalue weighted by Crippen LogP contribution is -2.27. The van der Waals surface area contributed by atoms with Gasteiger partial charge in [-0.05, 0) is 54.8 Å². The number of halogens is 1. The van der Waals surface area contributed by atoms with Gasteiger partial charge in [-0.1, -0.05) is 58.4 Å². The number of hydrogen-bond acceptors (Lipinski definition) is 3. The predicted octanol–water partition coefficient (Wildman–Crippen LogP) is 6.40. The Balaban J connectivity index is 1.89. The largest absolute Gasteiger partial charge is 0.380 e. The zero-order valence-electron chi connectivity index (χ0n) is 17.8. The van der Waals surface area contributed by atoms with Crippen molar-refractivity contribution in [2.24, 2.45) is 4.99 Å². The van der Waals surface area contributed by atoms with Crippen molar-refractivity contribution in [3.63, 3.8) is 0 Å². The summed E-state index contributed by atoms with van der Waals surface area (Å²) < 4.78 is 6.61. The molecular weight excluding hydrogens is 436 g/mol. The molecule has 0 heterocycles. The minimum Gasteiger partial charge on any atom is -0.380 e. The van der Waals surface area contributed by atoms with Gasteiger partial charge in [-0.25, -0.2) is 0 Å². The van der Waals surface area contributed by atoms with Crippen molar-refractivity contribution in [3.05, 3.63) is 88.4 Å². The van der Waals surface area contributed by atoms with Gasteiger partial charge in [-0.2, -0.15) is 0 Å². The maximum absolute atomic E-state index is 5.52. The van der Waals surface area contributed by atoms with Crippen LogP contribution in [0.1, 0.15) is 30.5 Å². The normalized spacial score (nSPS) is 15.4. The molecule has 4 heteroatoms. The van der Waals surface area contributed by atoms with E-state index < -0.39 is 0 Å². The first-order valence-electron chi connectivity index (χ1n) is 10.4. The maximum Gasteiger partial charge on any atom is 0.0656 e. The summed E-state index contributed by atoms with van der Waals surface area (Å²) in [6.45, 7) is 11.9. The van der Waals surface area contributed by atoms with Gasteiger partial charge in [-0.15, -0.1) is 6.58 Å². The lowest BCUT2D eigenvalue weighted by atomic mass is 9.90. The Labute approximate surface area is 188 Å². The summed E-state index contributed by atoms with van der Waals surface area (Å²) in [5.74, 6) is 0. The zero-order valence-corrected chi connectivity index (χ0v) is 19.4. The molecule has 0 N–H and O–H groups in total. The van der Waals surface area contributed by atoms with E-state index in [0.29, 0.717) is 6.54 Å². The SMILES string of the molecule is C=CCN=C1C=CC(=Cc2ccc(N(CC)CCOCC)cc2Br)c2ccccc21. The van der Waals surface area contributed by atoms with Gasteiger partial charge in [-0.3, -0.25) is 4.99 Å². The van der Waals surface area contributed by atoms with Gasteiger partial charge in [0.25, 0.3) is 0 Å². The van der Waals surface area contributed by atoms with Crippen molar-refractivity contribution in [2.45, 2.75) is 13.8 Å². The molecule has 30 heavy (non-hydrogen) atoms. The van der Waals surface area contributed by atoms with Crippen molar-refractivity contribution in [1.29, 1.82) is 0 Å². The third-order valence-corrected chi connectivity index (χ3v) is 5.76. The second kappa shape index (κ2) is 11.1. The van der Waals surface area contributed by atoms with Crippen LogP contribution in [0.4, 0.5) is 5.69 Å². The molecule has 0 aromatic heterocycles. The number of hydrogen-bond donors (Lipinski definition) is 0. The summed E-state index contributed by atoms with van der Waals surface area (Å²) >= 11 is 3.78. The van der Waals surface area contributed by atoms with E-state index in [-0.39, 0.29) is 0 Å². The van der Waals surface area contributed by atoms with Crippen LogP contribution in [-0.4, -0.2) is 38.6 Å². The second-order valence-electron chi connectivity index (χ2n) is 6.98. The van der Waals surface area contributed by atoms with Gasteiger partial charge in [0, 0.05) is 35.4 Å². The minimum absolute atomic E-state index is 0.622. The number of nitrogens with zero attached hydrogens (tertiary/aromatic N) is 2. The highest BCUT2D eigenvalue weighted by Crippen LogP contribution is 2.32. The molecule has 2 aromatic rings. The topological polar surface area (TPSA) is 24.8 Å². The third-order valence-electron chi connectivity index (χ3n) is 5.08. The minimum atomic E-state index is 0.622. The number of allylic oxidation sites excluding steroid dienone is 3. The van der Waals surface area contributed by atoms with Gasteiger partial charge in [0.15, 0.2) is 0 Å². The highest BCUT2D eigenvalue weighted by Gasteiger charge is 2.15. The first-order chi connectivity index (χ1) is 14.7. The van der Waals surface area contributed by atoms with E-state index in [0.717, 1.165) is 47.6 Å². The number of aliphatic imine (C=N–C) groups is 1. The molecule has 0 saturated carbocycles. The van der Waals surface area contributed by atoms with E-state index in [4.69, 9.17) is 4.74 Å². The molecule has 0 unspecified atom stereocenters. The van der Waals surface area contributed by atoms with Crippen molar-refractivity contribution in [1.82, 2.24) is 0 Å². The second-order valence-corrected chi connectivity index (χ2v) is 7.83. The lowest BCUT2D eigenvalue weighted by Gasteiger charge is -2.23. The van der Waals surface area contributed by atoms with Gasteiger partial charge in [0.2, 0.25) is 0 Å². The van der Waals surface area contributed by atoms with E-state index >= 15 is 0 Å². The number of benzene rings is 2. The maximum atomic E-state index is 5.52. The fourth-order valence-corrected chi connectivity index (χ4v) is 4.00. The molecule has 0 aliphatic heterocycles. The van der Waals surface area contributed by atoms with Crippen LogP contribution >= 0.6 is 15.9 Å². The predicted molar refractivity (Wildman–Crippen MR) is 134 cm³/mol. The number of rotatable bonds is 9. The fourth-order valence-electron chi connectivity index (χ4n) is 3.52. The Morgan fingerprint density at radius 1 is 1.10 bits per heavy atom. The molecule has 3 nitrogen and oxygen atoms in total. The summed E-state index contributed by atoms with van der Waals surface area (Å²) in [4.78, 5) is 6.96. The third kappa shape index (κ3) is 5.38. The summed E-state index contributed by atoms with van der Waals surface area (Å²) in [6.07, 6.45) is 8.28. The van der Waals surface area contributed by atoms with Gasteiger partial charge in [0.05, 0.1) is 18.9 Å². The van der Waals surface area contributed by atoms with Crippen molar-refractivity contribution >= 4 is 39.0 Å². The van der Waals surface area contributed by atoms with Crippen LogP contribution in [-0.2, 0) is 4.74 Å². The van der Waals surface area contributed by atoms with Crippen LogP contribution in [0.3, 0.4) is 0 Å². The molecule has 156 valence electrons. The highest BCUT2D eigenvalue weighted by molar-refractivity contribution is 9.10. The fraction of sp³-hybridized carbons (Fsp3) is 0.269. The summed E-state index contributed by atoms with van der Waals surface area (Å²) in [5.41, 5.74) is 6.90. The summed E-state index contributed by atoms with van der Waals surface area (Å²) in [7, 11) is 0. The first-order valence-corrected chi connectivity index (χ1v) is 11.2. The molecule has 0 fully saturated rings. The number of anilines is 1. The molecule has 0 spiro atoms. The Morgan fingerprint density at radius 2 is 1.90 bits per heavy atom. The Bertz CT molecular complexity index is 975. The van der Waals surface area contributed by atoms with E-state index in [9.17, 15) is 0 Å². The van der Waals surface area contributed by atoms with Gasteiger partial charge < -0.3 is 9.64 Å². The molecule has 2 aromatic carbocycles. The van der Waals surface area contributed by atoms with Gasteiger partial charge in [0.1, 0.15) is 0 Å². The highest BCUT2D eigenvalue weighted by atomic mass is 79.9. The van der Waals surface area contributed by atoms with Crippen LogP contribution in [0.25, 0.3) is 11.6 Å². The smallest absolute Gasteiger partial charge is 0.0656 e. The monoisotopic (exact) mass is 464 g/mol.